The Bertz CT molecular complexity index is 1710. The topological polar surface area (TPSA) is 51.8 Å². The van der Waals surface area contributed by atoms with Gasteiger partial charge in [-0.1, -0.05) is 77.9 Å². The molecule has 0 bridgehead atoms. The first kappa shape index (κ1) is 23.5. The molecular weight excluding hydrogens is 456 g/mol. The second kappa shape index (κ2) is 7.82. The van der Waals surface area contributed by atoms with E-state index in [1.165, 1.54) is 16.5 Å². The maximum Gasteiger partial charge on any atom is 0.257 e. The Balaban J connectivity index is 1.80. The first-order chi connectivity index (χ1) is 17.4. The van der Waals surface area contributed by atoms with Gasteiger partial charge in [-0.05, 0) is 30.0 Å². The Labute approximate surface area is 218 Å². The molecule has 3 heterocycles. The van der Waals surface area contributed by atoms with Gasteiger partial charge in [0, 0.05) is 22.3 Å². The van der Waals surface area contributed by atoms with Crippen molar-refractivity contribution in [1.82, 2.24) is 15.0 Å². The second-order valence-corrected chi connectivity index (χ2v) is 12.1. The van der Waals surface area contributed by atoms with Gasteiger partial charge in [0.1, 0.15) is 24.4 Å². The van der Waals surface area contributed by atoms with E-state index in [-0.39, 0.29) is 10.8 Å². The first-order valence-electron chi connectivity index (χ1n) is 12.9. The van der Waals surface area contributed by atoms with Crippen molar-refractivity contribution in [3.63, 3.8) is 0 Å². The zero-order chi connectivity index (χ0) is 26.3. The maximum absolute atomic E-state index is 6.81. The summed E-state index contributed by atoms with van der Waals surface area (Å²) in [4.78, 5) is 15.1. The van der Waals surface area contributed by atoms with Crippen LogP contribution in [0.3, 0.4) is 0 Å². The van der Waals surface area contributed by atoms with E-state index in [2.05, 4.69) is 115 Å². The highest BCUT2D eigenvalue weighted by Crippen LogP contribution is 2.51. The van der Waals surface area contributed by atoms with Gasteiger partial charge in [-0.3, -0.25) is 0 Å². The zero-order valence-electron chi connectivity index (χ0n) is 22.9. The summed E-state index contributed by atoms with van der Waals surface area (Å²) in [5.41, 5.74) is 5.00. The Morgan fingerprint density at radius 2 is 1.41 bits per heavy atom. The molecule has 0 atom stereocenters. The fourth-order valence-corrected chi connectivity index (χ4v) is 5.20. The highest BCUT2D eigenvalue weighted by atomic mass is 16.5. The van der Waals surface area contributed by atoms with Crippen molar-refractivity contribution in [3.8, 4) is 34.1 Å². The molecule has 2 aromatic heterocycles. The van der Waals surface area contributed by atoms with Gasteiger partial charge in [0.25, 0.3) is 5.69 Å². The lowest BCUT2D eigenvalue weighted by molar-refractivity contribution is -0.633. The van der Waals surface area contributed by atoms with E-state index in [1.54, 1.807) is 0 Å². The molecule has 0 unspecified atom stereocenters. The molecule has 186 valence electrons. The summed E-state index contributed by atoms with van der Waals surface area (Å²) in [6.07, 6.45) is 0. The van der Waals surface area contributed by atoms with Crippen LogP contribution in [0.15, 0.2) is 54.6 Å². The predicted octanol–water partition coefficient (Wildman–Crippen LogP) is 7.35. The van der Waals surface area contributed by atoms with Crippen LogP contribution in [0.4, 0.5) is 0 Å². The molecule has 5 aromatic rings. The number of hydrogen-bond donors (Lipinski definition) is 0. The molecule has 37 heavy (non-hydrogen) atoms. The first-order valence-corrected chi connectivity index (χ1v) is 12.9. The van der Waals surface area contributed by atoms with Crippen LogP contribution >= 0.6 is 0 Å². The fourth-order valence-electron chi connectivity index (χ4n) is 5.20. The summed E-state index contributed by atoms with van der Waals surface area (Å²) in [5.74, 6) is 3.87. The minimum atomic E-state index is -0.233. The lowest BCUT2D eigenvalue weighted by Gasteiger charge is -2.25. The minimum absolute atomic E-state index is 0.233. The third-order valence-electron chi connectivity index (χ3n) is 7.18. The standard InChI is InChI=1S/C32H33N4O/c1-18-16-17-19-12-11-15-22-24(19)23(18)26-27(37-22)25(20-13-9-10-14-21(20)36(26)8)28-33-29(31(2,3)4)35-30(34-28)32(5,6)7/h9-17H,1-8H3/q+1. The molecule has 0 aliphatic carbocycles. The van der Waals surface area contributed by atoms with E-state index in [0.717, 1.165) is 50.7 Å². The molecule has 1 aliphatic heterocycles. The molecule has 6 rings (SSSR count). The van der Waals surface area contributed by atoms with Crippen LogP contribution < -0.4 is 9.30 Å². The maximum atomic E-state index is 6.81. The average Bonchev–Trinajstić information content (AvgIpc) is 2.84. The average molecular weight is 490 g/mol. The summed E-state index contributed by atoms with van der Waals surface area (Å²) in [6, 6.07) is 19.1. The lowest BCUT2D eigenvalue weighted by atomic mass is 9.90. The summed E-state index contributed by atoms with van der Waals surface area (Å²) in [5, 5.41) is 3.37. The normalized spacial score (nSPS) is 13.1. The highest BCUT2D eigenvalue weighted by Gasteiger charge is 2.36. The van der Waals surface area contributed by atoms with Crippen LogP contribution in [0.25, 0.3) is 44.3 Å². The Hall–Kier alpha value is -3.86. The van der Waals surface area contributed by atoms with E-state index in [4.69, 9.17) is 19.7 Å². The Kier molecular flexibility index (Phi) is 4.97. The van der Waals surface area contributed by atoms with Gasteiger partial charge < -0.3 is 4.74 Å². The van der Waals surface area contributed by atoms with Crippen molar-refractivity contribution in [2.75, 3.05) is 0 Å². The highest BCUT2D eigenvalue weighted by molar-refractivity contribution is 6.07. The van der Waals surface area contributed by atoms with Crippen molar-refractivity contribution in [1.29, 1.82) is 0 Å². The van der Waals surface area contributed by atoms with Crippen LogP contribution in [0, 0.1) is 6.92 Å². The quantitative estimate of drug-likeness (QED) is 0.227. The fraction of sp³-hybridized carbons (Fsp3) is 0.312. The SMILES string of the molecule is Cc1ccc2cccc3c2c1-c1c(c(-c2nc(C(C)(C)C)nc(C(C)(C)C)n2)c2ccccc2[n+]1C)O3. The summed E-state index contributed by atoms with van der Waals surface area (Å²) in [7, 11) is 2.12. The number of nitrogens with zero attached hydrogens (tertiary/aromatic N) is 4. The van der Waals surface area contributed by atoms with E-state index >= 15 is 0 Å². The van der Waals surface area contributed by atoms with E-state index < -0.39 is 0 Å². The predicted molar refractivity (Wildman–Crippen MR) is 149 cm³/mol. The molecule has 0 N–H and O–H groups in total. The van der Waals surface area contributed by atoms with Gasteiger partial charge in [0.05, 0.1) is 16.5 Å². The number of aryl methyl sites for hydroxylation is 2. The van der Waals surface area contributed by atoms with Crippen LogP contribution in [0.2, 0.25) is 0 Å². The number of ether oxygens (including phenoxy) is 1. The summed E-state index contributed by atoms with van der Waals surface area (Å²) < 4.78 is 9.06. The number of hydrogen-bond acceptors (Lipinski definition) is 4. The third kappa shape index (κ3) is 3.59. The zero-order valence-corrected chi connectivity index (χ0v) is 22.9. The van der Waals surface area contributed by atoms with Crippen molar-refractivity contribution < 1.29 is 9.30 Å². The minimum Gasteiger partial charge on any atom is -0.449 e. The molecule has 0 amide bonds. The summed E-state index contributed by atoms with van der Waals surface area (Å²) in [6.45, 7) is 15.1. The second-order valence-electron chi connectivity index (χ2n) is 12.1. The summed E-state index contributed by atoms with van der Waals surface area (Å²) >= 11 is 0. The number of benzene rings is 3. The molecule has 0 spiro atoms. The van der Waals surface area contributed by atoms with Crippen LogP contribution in [0.1, 0.15) is 58.8 Å². The molecule has 0 saturated carbocycles. The van der Waals surface area contributed by atoms with Gasteiger partial charge in [0.15, 0.2) is 5.82 Å². The van der Waals surface area contributed by atoms with Gasteiger partial charge in [0.2, 0.25) is 11.3 Å². The van der Waals surface area contributed by atoms with Gasteiger partial charge in [-0.2, -0.15) is 4.57 Å². The lowest BCUT2D eigenvalue weighted by Crippen LogP contribution is -2.34. The van der Waals surface area contributed by atoms with Gasteiger partial charge >= 0.3 is 0 Å². The third-order valence-corrected chi connectivity index (χ3v) is 7.18. The van der Waals surface area contributed by atoms with Crippen molar-refractivity contribution in [2.24, 2.45) is 7.05 Å². The molecule has 0 fully saturated rings. The monoisotopic (exact) mass is 489 g/mol. The molecule has 5 heteroatoms. The van der Waals surface area contributed by atoms with E-state index in [9.17, 15) is 0 Å². The Morgan fingerprint density at radius 3 is 2.08 bits per heavy atom. The molecule has 1 aliphatic rings. The number of aromatic nitrogens is 4. The number of fused-ring (bicyclic) bond motifs is 3. The van der Waals surface area contributed by atoms with Crippen LogP contribution in [-0.4, -0.2) is 15.0 Å². The number of para-hydroxylation sites is 1. The molecule has 0 saturated heterocycles. The van der Waals surface area contributed by atoms with Crippen molar-refractivity contribution >= 4 is 21.7 Å². The van der Waals surface area contributed by atoms with Gasteiger partial charge in [-0.15, -0.1) is 0 Å². The smallest absolute Gasteiger partial charge is 0.257 e. The van der Waals surface area contributed by atoms with E-state index in [0.29, 0.717) is 5.82 Å². The van der Waals surface area contributed by atoms with Crippen LogP contribution in [0.5, 0.6) is 11.5 Å². The number of pyridine rings is 1. The largest absolute Gasteiger partial charge is 0.449 e. The molecule has 5 nitrogen and oxygen atoms in total. The van der Waals surface area contributed by atoms with Crippen molar-refractivity contribution in [2.45, 2.75) is 59.3 Å². The number of rotatable bonds is 1. The molecular formula is C32H33N4O+. The molecule has 0 radical (unpaired) electrons. The van der Waals surface area contributed by atoms with Gasteiger partial charge in [-0.25, -0.2) is 15.0 Å². The van der Waals surface area contributed by atoms with Crippen molar-refractivity contribution in [3.05, 3.63) is 71.8 Å². The molecule has 3 aromatic carbocycles. The van der Waals surface area contributed by atoms with E-state index in [1.807, 2.05) is 0 Å². The van der Waals surface area contributed by atoms with Crippen LogP contribution in [-0.2, 0) is 17.9 Å². The Morgan fingerprint density at radius 1 is 0.730 bits per heavy atom.